The lowest BCUT2D eigenvalue weighted by atomic mass is 10.1. The summed E-state index contributed by atoms with van der Waals surface area (Å²) >= 11 is -2.07. The second-order valence-corrected chi connectivity index (χ2v) is 8.93. The summed E-state index contributed by atoms with van der Waals surface area (Å²) in [4.78, 5) is 17.6. The number of benzene rings is 3. The van der Waals surface area contributed by atoms with Gasteiger partial charge in [0.15, 0.2) is 5.13 Å². The van der Waals surface area contributed by atoms with Crippen LogP contribution in [0.15, 0.2) is 78.2 Å². The number of rotatable bonds is 7. The Bertz CT molecular complexity index is 1410. The topological polar surface area (TPSA) is 94.6 Å². The smallest absolute Gasteiger partial charge is 0.418 e. The maximum Gasteiger partial charge on any atom is 0.418 e. The molecule has 0 aliphatic carbocycles. The lowest BCUT2D eigenvalue weighted by Gasteiger charge is -2.30. The molecule has 0 radical (unpaired) electrons. The summed E-state index contributed by atoms with van der Waals surface area (Å²) in [5, 5.41) is 4.56. The highest BCUT2D eigenvalue weighted by Gasteiger charge is 2.36. The van der Waals surface area contributed by atoms with E-state index in [1.807, 2.05) is 30.3 Å². The molecule has 4 aromatic rings. The van der Waals surface area contributed by atoms with Gasteiger partial charge in [-0.3, -0.25) is 18.6 Å². The van der Waals surface area contributed by atoms with Gasteiger partial charge in [-0.2, -0.15) is 13.2 Å². The van der Waals surface area contributed by atoms with Crippen molar-refractivity contribution in [3.63, 3.8) is 0 Å². The van der Waals surface area contributed by atoms with Crippen molar-refractivity contribution in [2.24, 2.45) is 0 Å². The molecule has 0 fully saturated rings. The average molecular weight is 533 g/mol. The Morgan fingerprint density at radius 1 is 1.06 bits per heavy atom. The van der Waals surface area contributed by atoms with E-state index in [0.717, 1.165) is 35.1 Å². The molecular formula is C24H17F3N3O4S2-. The lowest BCUT2D eigenvalue weighted by Crippen LogP contribution is -2.26. The van der Waals surface area contributed by atoms with Gasteiger partial charge in [0.05, 0.1) is 46.6 Å². The Kier molecular flexibility index (Phi) is 7.38. The van der Waals surface area contributed by atoms with E-state index in [1.54, 1.807) is 5.38 Å². The number of thiazole rings is 1. The molecule has 0 aliphatic rings. The van der Waals surface area contributed by atoms with Crippen molar-refractivity contribution in [2.45, 2.75) is 6.18 Å². The molecule has 1 aromatic heterocycles. The SMILES string of the molecule is COc1ccc(C(=O)Nc2nc(-c3ccccc3)cs2)c(N(c2ccccc2C(F)(F)F)S(=O)[O-])c1. The number of carbonyl (C=O) groups is 1. The third-order valence-corrected chi connectivity index (χ3v) is 6.49. The van der Waals surface area contributed by atoms with Crippen LogP contribution in [0.1, 0.15) is 15.9 Å². The number of hydrogen-bond donors (Lipinski definition) is 1. The molecule has 1 atom stereocenters. The van der Waals surface area contributed by atoms with Crippen molar-refractivity contribution >= 4 is 45.0 Å². The quantitative estimate of drug-likeness (QED) is 0.294. The van der Waals surface area contributed by atoms with Crippen molar-refractivity contribution in [3.8, 4) is 17.0 Å². The van der Waals surface area contributed by atoms with Crippen LogP contribution in [0.5, 0.6) is 5.75 Å². The molecule has 1 amide bonds. The fourth-order valence-electron chi connectivity index (χ4n) is 3.42. The van der Waals surface area contributed by atoms with Crippen molar-refractivity contribution in [2.75, 3.05) is 16.7 Å². The Hall–Kier alpha value is -3.74. The van der Waals surface area contributed by atoms with Crippen molar-refractivity contribution in [1.29, 1.82) is 0 Å². The number of carbonyl (C=O) groups excluding carboxylic acids is 1. The van der Waals surface area contributed by atoms with E-state index in [9.17, 15) is 26.7 Å². The van der Waals surface area contributed by atoms with Gasteiger partial charge in [-0.15, -0.1) is 11.3 Å². The zero-order valence-electron chi connectivity index (χ0n) is 18.5. The van der Waals surface area contributed by atoms with E-state index in [4.69, 9.17) is 4.74 Å². The third kappa shape index (κ3) is 5.40. The molecular weight excluding hydrogens is 515 g/mol. The highest BCUT2D eigenvalue weighted by Crippen LogP contribution is 2.41. The zero-order chi connectivity index (χ0) is 25.9. The van der Waals surface area contributed by atoms with E-state index >= 15 is 0 Å². The summed E-state index contributed by atoms with van der Waals surface area (Å²) in [5.41, 5.74) is -0.925. The fraction of sp³-hybridized carbons (Fsp3) is 0.0833. The van der Waals surface area contributed by atoms with Crippen molar-refractivity contribution in [3.05, 3.63) is 89.3 Å². The largest absolute Gasteiger partial charge is 0.755 e. The number of methoxy groups -OCH3 is 1. The molecule has 4 rings (SSSR count). The molecule has 0 spiro atoms. The normalized spacial score (nSPS) is 12.1. The van der Waals surface area contributed by atoms with Crippen LogP contribution in [-0.4, -0.2) is 26.8 Å². The van der Waals surface area contributed by atoms with Gasteiger partial charge in [0, 0.05) is 17.0 Å². The van der Waals surface area contributed by atoms with Gasteiger partial charge < -0.3 is 9.29 Å². The fourth-order valence-corrected chi connectivity index (χ4v) is 4.76. The minimum Gasteiger partial charge on any atom is -0.755 e. The monoisotopic (exact) mass is 532 g/mol. The average Bonchev–Trinajstić information content (AvgIpc) is 3.32. The van der Waals surface area contributed by atoms with Gasteiger partial charge >= 0.3 is 6.18 Å². The number of nitrogens with one attached hydrogen (secondary N) is 1. The second-order valence-electron chi connectivity index (χ2n) is 7.27. The highest BCUT2D eigenvalue weighted by molar-refractivity contribution is 7.81. The van der Waals surface area contributed by atoms with E-state index in [0.29, 0.717) is 10.00 Å². The van der Waals surface area contributed by atoms with E-state index in [1.165, 1.54) is 31.4 Å². The molecule has 0 aliphatic heterocycles. The Morgan fingerprint density at radius 3 is 2.42 bits per heavy atom. The Labute approximate surface area is 210 Å². The number of aromatic nitrogens is 1. The molecule has 36 heavy (non-hydrogen) atoms. The van der Waals surface area contributed by atoms with Crippen LogP contribution in [0.4, 0.5) is 29.7 Å². The molecule has 0 saturated carbocycles. The second kappa shape index (κ2) is 10.5. The van der Waals surface area contributed by atoms with Crippen LogP contribution in [0.2, 0.25) is 0 Å². The number of halogens is 3. The summed E-state index contributed by atoms with van der Waals surface area (Å²) in [5.74, 6) is -0.622. The van der Waals surface area contributed by atoms with Crippen LogP contribution in [0.25, 0.3) is 11.3 Å². The number of para-hydroxylation sites is 1. The predicted octanol–water partition coefficient (Wildman–Crippen LogP) is 6.02. The van der Waals surface area contributed by atoms with Gasteiger partial charge in [0.2, 0.25) is 0 Å². The first-order chi connectivity index (χ1) is 17.2. The summed E-state index contributed by atoms with van der Waals surface area (Å²) in [7, 11) is 1.31. The van der Waals surface area contributed by atoms with Crippen LogP contribution in [-0.2, 0) is 17.4 Å². The molecule has 12 heteroatoms. The summed E-state index contributed by atoms with van der Waals surface area (Å²) < 4.78 is 71.1. The first kappa shape index (κ1) is 25.4. The standard InChI is InChI=1S/C24H18F3N3O4S2/c1-34-16-11-12-17(22(31)29-23-28-19(14-35-23)15-7-3-2-4-8-15)21(13-16)30(36(32)33)20-10-6-5-9-18(20)24(25,26)27/h2-14H,1H3,(H,32,33)(H,28,29,31)/p-1. The minimum absolute atomic E-state index is 0.141. The number of nitrogens with zero attached hydrogens (tertiary/aromatic N) is 2. The van der Waals surface area contributed by atoms with E-state index < -0.39 is 34.6 Å². The van der Waals surface area contributed by atoms with Crippen molar-refractivity contribution < 1.29 is 31.5 Å². The predicted molar refractivity (Wildman–Crippen MR) is 131 cm³/mol. The molecule has 7 nitrogen and oxygen atoms in total. The summed E-state index contributed by atoms with van der Waals surface area (Å²) in [6, 6.07) is 17.3. The third-order valence-electron chi connectivity index (χ3n) is 5.04. The Morgan fingerprint density at radius 2 is 1.75 bits per heavy atom. The van der Waals surface area contributed by atoms with Crippen molar-refractivity contribution in [1.82, 2.24) is 4.98 Å². The number of hydrogen-bond acceptors (Lipinski definition) is 6. The molecule has 3 aromatic carbocycles. The minimum atomic E-state index is -4.84. The van der Waals surface area contributed by atoms with Gasteiger partial charge in [-0.1, -0.05) is 42.5 Å². The highest BCUT2D eigenvalue weighted by atomic mass is 32.2. The molecule has 0 saturated heterocycles. The molecule has 1 unspecified atom stereocenters. The molecule has 1 N–H and O–H groups in total. The maximum atomic E-state index is 13.7. The van der Waals surface area contributed by atoms with Crippen LogP contribution in [0.3, 0.4) is 0 Å². The van der Waals surface area contributed by atoms with Crippen LogP contribution in [0, 0.1) is 0 Å². The summed E-state index contributed by atoms with van der Waals surface area (Å²) in [6.07, 6.45) is -4.84. The molecule has 0 bridgehead atoms. The number of ether oxygens (including phenoxy) is 1. The maximum absolute atomic E-state index is 13.7. The molecule has 1 heterocycles. The van der Waals surface area contributed by atoms with E-state index in [2.05, 4.69) is 10.3 Å². The Balaban J connectivity index is 1.75. The van der Waals surface area contributed by atoms with Crippen LogP contribution < -0.4 is 14.4 Å². The molecule has 186 valence electrons. The van der Waals surface area contributed by atoms with Gasteiger partial charge in [-0.25, -0.2) is 4.98 Å². The van der Waals surface area contributed by atoms with Gasteiger partial charge in [-0.05, 0) is 24.3 Å². The number of amides is 1. The van der Waals surface area contributed by atoms with E-state index in [-0.39, 0.29) is 22.1 Å². The van der Waals surface area contributed by atoms with Gasteiger partial charge in [0.25, 0.3) is 5.91 Å². The number of anilines is 3. The van der Waals surface area contributed by atoms with Gasteiger partial charge in [0.1, 0.15) is 5.75 Å². The first-order valence-corrected chi connectivity index (χ1v) is 12.2. The lowest BCUT2D eigenvalue weighted by molar-refractivity contribution is -0.137. The number of alkyl halides is 3. The zero-order valence-corrected chi connectivity index (χ0v) is 20.1. The first-order valence-electron chi connectivity index (χ1n) is 10.2. The van der Waals surface area contributed by atoms with Crippen LogP contribution >= 0.6 is 11.3 Å². The summed E-state index contributed by atoms with van der Waals surface area (Å²) in [6.45, 7) is 0.